The van der Waals surface area contributed by atoms with Crippen molar-refractivity contribution in [3.8, 4) is 11.1 Å². The van der Waals surface area contributed by atoms with Gasteiger partial charge in [0.05, 0.1) is 0 Å². The highest BCUT2D eigenvalue weighted by molar-refractivity contribution is 5.68. The van der Waals surface area contributed by atoms with Crippen LogP contribution >= 0.6 is 0 Å². The quantitative estimate of drug-likeness (QED) is 0.659. The summed E-state index contributed by atoms with van der Waals surface area (Å²) in [7, 11) is 0. The van der Waals surface area contributed by atoms with Crippen LogP contribution in [0.15, 0.2) is 30.3 Å². The predicted molar refractivity (Wildman–Crippen MR) is 71.6 cm³/mol. The van der Waals surface area contributed by atoms with Crippen LogP contribution in [0.25, 0.3) is 11.1 Å². The van der Waals surface area contributed by atoms with Crippen molar-refractivity contribution in [3.05, 3.63) is 59.2 Å². The van der Waals surface area contributed by atoms with Crippen LogP contribution in [0.5, 0.6) is 0 Å². The van der Waals surface area contributed by atoms with Crippen LogP contribution in [-0.2, 0) is 6.54 Å². The summed E-state index contributed by atoms with van der Waals surface area (Å²) >= 11 is 0. The SMILES string of the molecule is Fc1ccc(CNC2CC2)c(-c2cc(F)c(F)cc2F)c1. The average molecular weight is 295 g/mol. The van der Waals surface area contributed by atoms with Gasteiger partial charge in [0.25, 0.3) is 0 Å². The Labute approximate surface area is 119 Å². The number of hydrogen-bond donors (Lipinski definition) is 1. The van der Waals surface area contributed by atoms with Crippen molar-refractivity contribution in [2.75, 3.05) is 0 Å². The summed E-state index contributed by atoms with van der Waals surface area (Å²) in [6.45, 7) is 0.429. The minimum absolute atomic E-state index is 0.138. The van der Waals surface area contributed by atoms with Gasteiger partial charge in [-0.2, -0.15) is 0 Å². The van der Waals surface area contributed by atoms with Crippen molar-refractivity contribution >= 4 is 0 Å². The lowest BCUT2D eigenvalue weighted by molar-refractivity contribution is 0.496. The molecule has 110 valence electrons. The monoisotopic (exact) mass is 295 g/mol. The van der Waals surface area contributed by atoms with Crippen LogP contribution in [0.1, 0.15) is 18.4 Å². The molecule has 0 radical (unpaired) electrons. The lowest BCUT2D eigenvalue weighted by Gasteiger charge is -2.12. The Morgan fingerprint density at radius 1 is 0.857 bits per heavy atom. The summed E-state index contributed by atoms with van der Waals surface area (Å²) in [6, 6.07) is 5.61. The van der Waals surface area contributed by atoms with Crippen LogP contribution in [0.2, 0.25) is 0 Å². The Morgan fingerprint density at radius 3 is 2.29 bits per heavy atom. The summed E-state index contributed by atoms with van der Waals surface area (Å²) in [5.74, 6) is -3.88. The number of hydrogen-bond acceptors (Lipinski definition) is 1. The fraction of sp³-hybridized carbons (Fsp3) is 0.250. The van der Waals surface area contributed by atoms with E-state index in [9.17, 15) is 17.6 Å². The van der Waals surface area contributed by atoms with Crippen molar-refractivity contribution in [3.63, 3.8) is 0 Å². The van der Waals surface area contributed by atoms with E-state index in [-0.39, 0.29) is 11.1 Å². The Hall–Kier alpha value is -1.88. The highest BCUT2D eigenvalue weighted by atomic mass is 19.2. The van der Waals surface area contributed by atoms with E-state index in [0.717, 1.165) is 25.0 Å². The molecule has 0 heterocycles. The minimum Gasteiger partial charge on any atom is -0.310 e. The predicted octanol–water partition coefficient (Wildman–Crippen LogP) is 4.16. The molecule has 0 bridgehead atoms. The second kappa shape index (κ2) is 5.48. The van der Waals surface area contributed by atoms with Gasteiger partial charge < -0.3 is 5.32 Å². The van der Waals surface area contributed by atoms with E-state index in [1.54, 1.807) is 0 Å². The van der Waals surface area contributed by atoms with Gasteiger partial charge in [0.2, 0.25) is 0 Å². The third-order valence-electron chi connectivity index (χ3n) is 3.53. The van der Waals surface area contributed by atoms with Gasteiger partial charge in [-0.1, -0.05) is 6.07 Å². The van der Waals surface area contributed by atoms with Gasteiger partial charge in [0.1, 0.15) is 11.6 Å². The normalized spacial score (nSPS) is 14.5. The van der Waals surface area contributed by atoms with E-state index < -0.39 is 23.3 Å². The van der Waals surface area contributed by atoms with Crippen molar-refractivity contribution in [2.45, 2.75) is 25.4 Å². The summed E-state index contributed by atoms with van der Waals surface area (Å²) in [5, 5.41) is 3.24. The van der Waals surface area contributed by atoms with Crippen molar-refractivity contribution in [1.82, 2.24) is 5.32 Å². The Bertz CT molecular complexity index is 680. The maximum absolute atomic E-state index is 13.9. The van der Waals surface area contributed by atoms with Gasteiger partial charge in [-0.05, 0) is 42.2 Å². The molecule has 0 saturated heterocycles. The van der Waals surface area contributed by atoms with Crippen molar-refractivity contribution in [1.29, 1.82) is 0 Å². The molecule has 0 unspecified atom stereocenters. The lowest BCUT2D eigenvalue weighted by Crippen LogP contribution is -2.16. The molecule has 1 saturated carbocycles. The Kier molecular flexibility index (Phi) is 3.68. The first-order valence-electron chi connectivity index (χ1n) is 6.71. The first-order chi connectivity index (χ1) is 10.0. The van der Waals surface area contributed by atoms with Crippen LogP contribution < -0.4 is 5.32 Å². The summed E-state index contributed by atoms with van der Waals surface area (Å²) in [6.07, 6.45) is 2.16. The molecule has 0 atom stereocenters. The molecule has 5 heteroatoms. The molecule has 1 N–H and O–H groups in total. The maximum Gasteiger partial charge on any atom is 0.161 e. The Balaban J connectivity index is 2.02. The van der Waals surface area contributed by atoms with E-state index in [1.165, 1.54) is 12.1 Å². The zero-order valence-corrected chi connectivity index (χ0v) is 11.1. The molecule has 2 aromatic rings. The van der Waals surface area contributed by atoms with Crippen LogP contribution in [-0.4, -0.2) is 6.04 Å². The van der Waals surface area contributed by atoms with Crippen LogP contribution in [0.3, 0.4) is 0 Å². The molecule has 21 heavy (non-hydrogen) atoms. The molecular weight excluding hydrogens is 282 g/mol. The van der Waals surface area contributed by atoms with E-state index in [0.29, 0.717) is 24.2 Å². The average Bonchev–Trinajstić information content (AvgIpc) is 3.25. The zero-order valence-electron chi connectivity index (χ0n) is 11.1. The maximum atomic E-state index is 13.9. The highest BCUT2D eigenvalue weighted by Crippen LogP contribution is 2.30. The smallest absolute Gasteiger partial charge is 0.161 e. The highest BCUT2D eigenvalue weighted by Gasteiger charge is 2.21. The first kappa shape index (κ1) is 14.1. The van der Waals surface area contributed by atoms with Crippen LogP contribution in [0.4, 0.5) is 17.6 Å². The number of nitrogens with one attached hydrogen (secondary N) is 1. The minimum atomic E-state index is -1.26. The van der Waals surface area contributed by atoms with E-state index in [4.69, 9.17) is 0 Å². The third kappa shape index (κ3) is 3.08. The topological polar surface area (TPSA) is 12.0 Å². The molecule has 1 fully saturated rings. The summed E-state index contributed by atoms with van der Waals surface area (Å²) < 4.78 is 53.7. The molecule has 0 aliphatic heterocycles. The van der Waals surface area contributed by atoms with E-state index in [1.807, 2.05) is 0 Å². The van der Waals surface area contributed by atoms with Crippen molar-refractivity contribution in [2.24, 2.45) is 0 Å². The largest absolute Gasteiger partial charge is 0.310 e. The number of benzene rings is 2. The molecule has 0 spiro atoms. The van der Waals surface area contributed by atoms with Gasteiger partial charge >= 0.3 is 0 Å². The van der Waals surface area contributed by atoms with Gasteiger partial charge in [-0.15, -0.1) is 0 Å². The fourth-order valence-electron chi connectivity index (χ4n) is 2.22. The second-order valence-electron chi connectivity index (χ2n) is 5.20. The number of halogens is 4. The standard InChI is InChI=1S/C16H13F4N/c17-10-2-1-9(8-21-11-3-4-11)12(5-10)13-6-15(19)16(20)7-14(13)18/h1-2,5-7,11,21H,3-4,8H2. The number of rotatable bonds is 4. The molecule has 2 aromatic carbocycles. The van der Waals surface area contributed by atoms with Crippen LogP contribution in [0, 0.1) is 23.3 Å². The lowest BCUT2D eigenvalue weighted by atomic mass is 9.98. The molecular formula is C16H13F4N. The fourth-order valence-corrected chi connectivity index (χ4v) is 2.22. The van der Waals surface area contributed by atoms with E-state index in [2.05, 4.69) is 5.32 Å². The molecule has 1 aliphatic carbocycles. The molecule has 1 aliphatic rings. The second-order valence-corrected chi connectivity index (χ2v) is 5.20. The molecule has 1 nitrogen and oxygen atoms in total. The van der Waals surface area contributed by atoms with Gasteiger partial charge in [0, 0.05) is 24.2 Å². The molecule has 0 amide bonds. The van der Waals surface area contributed by atoms with Gasteiger partial charge in [-0.3, -0.25) is 0 Å². The third-order valence-corrected chi connectivity index (χ3v) is 3.53. The van der Waals surface area contributed by atoms with Gasteiger partial charge in [0.15, 0.2) is 11.6 Å². The zero-order chi connectivity index (χ0) is 15.0. The molecule has 3 rings (SSSR count). The first-order valence-corrected chi connectivity index (χ1v) is 6.71. The van der Waals surface area contributed by atoms with Gasteiger partial charge in [-0.25, -0.2) is 17.6 Å². The Morgan fingerprint density at radius 2 is 1.57 bits per heavy atom. The summed E-state index contributed by atoms with van der Waals surface area (Å²) in [4.78, 5) is 0. The summed E-state index contributed by atoms with van der Waals surface area (Å²) in [5.41, 5.74) is 0.744. The van der Waals surface area contributed by atoms with Crippen molar-refractivity contribution < 1.29 is 17.6 Å². The molecule has 0 aromatic heterocycles. The van der Waals surface area contributed by atoms with E-state index >= 15 is 0 Å².